The number of fused-ring (bicyclic) bond motifs is 2. The third-order valence-electron chi connectivity index (χ3n) is 7.94. The van der Waals surface area contributed by atoms with Gasteiger partial charge in [0.25, 0.3) is 0 Å². The maximum absolute atomic E-state index is 12.5. The summed E-state index contributed by atoms with van der Waals surface area (Å²) in [6.07, 6.45) is 3.66. The molecular formula is C31H36Br2N2O6. The Labute approximate surface area is 257 Å². The van der Waals surface area contributed by atoms with E-state index in [0.29, 0.717) is 55.6 Å². The van der Waals surface area contributed by atoms with Crippen LogP contribution in [0.4, 0.5) is 4.79 Å². The molecule has 8 nitrogen and oxygen atoms in total. The average Bonchev–Trinajstić information content (AvgIpc) is 2.90. The topological polar surface area (TPSA) is 94.2 Å². The van der Waals surface area contributed by atoms with E-state index >= 15 is 0 Å². The summed E-state index contributed by atoms with van der Waals surface area (Å²) >= 11 is 6.77. The lowest BCUT2D eigenvalue weighted by molar-refractivity contribution is -0.0226. The molecule has 10 heteroatoms. The lowest BCUT2D eigenvalue weighted by Crippen LogP contribution is -2.52. The quantitative estimate of drug-likeness (QED) is 0.328. The minimum Gasteiger partial charge on any atom is -0.486 e. The van der Waals surface area contributed by atoms with Crippen molar-refractivity contribution in [3.05, 3.63) is 56.5 Å². The van der Waals surface area contributed by atoms with Gasteiger partial charge in [0.05, 0.1) is 24.0 Å². The van der Waals surface area contributed by atoms with Crippen LogP contribution in [0.15, 0.2) is 45.3 Å². The van der Waals surface area contributed by atoms with Crippen molar-refractivity contribution in [3.63, 3.8) is 0 Å². The summed E-state index contributed by atoms with van der Waals surface area (Å²) in [7, 11) is 0. The van der Waals surface area contributed by atoms with Crippen LogP contribution in [-0.2, 0) is 4.74 Å². The van der Waals surface area contributed by atoms with Crippen LogP contribution >= 0.6 is 31.9 Å². The number of ether oxygens (including phenoxy) is 3. The maximum Gasteiger partial charge on any atom is 0.410 e. The molecule has 2 spiro atoms. The molecule has 0 aliphatic carbocycles. The van der Waals surface area contributed by atoms with E-state index in [4.69, 9.17) is 14.2 Å². The highest BCUT2D eigenvalue weighted by atomic mass is 79.9. The van der Waals surface area contributed by atoms with Gasteiger partial charge in [-0.05, 0) is 70.3 Å². The molecule has 220 valence electrons. The Morgan fingerprint density at radius 3 is 1.76 bits per heavy atom. The van der Waals surface area contributed by atoms with Crippen LogP contribution in [0.2, 0.25) is 0 Å². The zero-order valence-corrected chi connectivity index (χ0v) is 26.9. The van der Waals surface area contributed by atoms with Crippen molar-refractivity contribution in [2.75, 3.05) is 26.2 Å². The first-order valence-electron chi connectivity index (χ1n) is 14.1. The highest BCUT2D eigenvalue weighted by molar-refractivity contribution is 9.10. The van der Waals surface area contributed by atoms with Gasteiger partial charge in [-0.25, -0.2) is 4.79 Å². The van der Waals surface area contributed by atoms with Gasteiger partial charge in [0.1, 0.15) is 28.3 Å². The summed E-state index contributed by atoms with van der Waals surface area (Å²) in [6, 6.07) is 11.2. The predicted molar refractivity (Wildman–Crippen MR) is 162 cm³/mol. The smallest absolute Gasteiger partial charge is 0.410 e. The van der Waals surface area contributed by atoms with Gasteiger partial charge >= 0.3 is 6.09 Å². The van der Waals surface area contributed by atoms with Gasteiger partial charge in [0.2, 0.25) is 0 Å². The molecule has 4 heterocycles. The number of likely N-dealkylation sites (tertiary alicyclic amines) is 1. The molecule has 0 aromatic heterocycles. The first-order valence-corrected chi connectivity index (χ1v) is 15.7. The van der Waals surface area contributed by atoms with Crippen LogP contribution in [0.25, 0.3) is 0 Å². The van der Waals surface area contributed by atoms with E-state index in [1.54, 1.807) is 11.0 Å². The molecule has 2 aromatic rings. The second-order valence-electron chi connectivity index (χ2n) is 12.3. The molecule has 4 aliphatic heterocycles. The Bertz CT molecular complexity index is 1340. The van der Waals surface area contributed by atoms with Crippen molar-refractivity contribution >= 4 is 49.5 Å². The van der Waals surface area contributed by atoms with E-state index in [0.717, 1.165) is 40.6 Å². The van der Waals surface area contributed by atoms with Crippen LogP contribution < -0.4 is 14.8 Å². The Morgan fingerprint density at radius 1 is 0.829 bits per heavy atom. The molecule has 0 bridgehead atoms. The Balaban J connectivity index is 0.000000174. The number of carbonyl (C=O) groups excluding carboxylic acids is 3. The molecule has 4 aliphatic rings. The molecule has 2 saturated heterocycles. The fourth-order valence-electron chi connectivity index (χ4n) is 5.80. The maximum atomic E-state index is 12.5. The first-order chi connectivity index (χ1) is 19.4. The highest BCUT2D eigenvalue weighted by Crippen LogP contribution is 2.41. The van der Waals surface area contributed by atoms with E-state index in [1.165, 1.54) is 0 Å². The van der Waals surface area contributed by atoms with Gasteiger partial charge in [0, 0.05) is 47.7 Å². The standard InChI is InChI=1S/C18H22BrNO4.C13H14BrNO2/c1-17(2,3)24-16(22)20-8-6-18(7-9-20)11-14(21)13-10-12(19)4-5-15(13)23-18;14-9-1-2-12-10(7-9)11(16)8-13(17-12)3-5-15-6-4-13/h4-5,10H,6-9,11H2,1-3H3;1-2,7,15H,3-6,8H2. The zero-order valence-electron chi connectivity index (χ0n) is 23.7. The highest BCUT2D eigenvalue weighted by Gasteiger charge is 2.44. The fraction of sp³-hybridized carbons (Fsp3) is 0.516. The molecule has 2 fully saturated rings. The third-order valence-corrected chi connectivity index (χ3v) is 8.93. The van der Waals surface area contributed by atoms with E-state index in [-0.39, 0.29) is 23.3 Å². The van der Waals surface area contributed by atoms with Crippen molar-refractivity contribution in [1.82, 2.24) is 10.2 Å². The van der Waals surface area contributed by atoms with Gasteiger partial charge < -0.3 is 24.4 Å². The van der Waals surface area contributed by atoms with Crippen LogP contribution in [0.1, 0.15) is 80.0 Å². The number of nitrogens with zero attached hydrogens (tertiary/aromatic N) is 1. The number of halogens is 2. The van der Waals surface area contributed by atoms with Gasteiger partial charge in [-0.1, -0.05) is 31.9 Å². The van der Waals surface area contributed by atoms with E-state index < -0.39 is 11.2 Å². The minimum atomic E-state index is -0.504. The fourth-order valence-corrected chi connectivity index (χ4v) is 6.52. The number of piperidine rings is 2. The summed E-state index contributed by atoms with van der Waals surface area (Å²) < 4.78 is 19.5. The molecule has 1 amide bonds. The lowest BCUT2D eigenvalue weighted by Gasteiger charge is -2.44. The minimum absolute atomic E-state index is 0.100. The van der Waals surface area contributed by atoms with Crippen LogP contribution in [0, 0.1) is 0 Å². The Hall–Kier alpha value is -2.43. The predicted octanol–water partition coefficient (Wildman–Crippen LogP) is 6.72. The normalized spacial score (nSPS) is 20.7. The number of ketones is 2. The number of benzene rings is 2. The van der Waals surface area contributed by atoms with Crippen molar-refractivity contribution in [1.29, 1.82) is 0 Å². The number of rotatable bonds is 0. The molecule has 6 rings (SSSR count). The Morgan fingerprint density at radius 2 is 1.29 bits per heavy atom. The third kappa shape index (κ3) is 6.97. The number of nitrogens with one attached hydrogen (secondary N) is 1. The number of Topliss-reactive ketones (excluding diaryl/α,β-unsaturated/α-hetero) is 2. The largest absolute Gasteiger partial charge is 0.486 e. The first kappa shape index (κ1) is 30.0. The van der Waals surface area contributed by atoms with Gasteiger partial charge in [-0.3, -0.25) is 9.59 Å². The number of amides is 1. The van der Waals surface area contributed by atoms with Crippen LogP contribution in [-0.4, -0.2) is 65.5 Å². The summed E-state index contributed by atoms with van der Waals surface area (Å²) in [4.78, 5) is 38.6. The number of hydrogen-bond donors (Lipinski definition) is 1. The number of hydrogen-bond acceptors (Lipinski definition) is 7. The van der Waals surface area contributed by atoms with Crippen LogP contribution in [0.3, 0.4) is 0 Å². The molecular weight excluding hydrogens is 656 g/mol. The SMILES string of the molecule is CC(C)(C)OC(=O)N1CCC2(CC1)CC(=O)c1cc(Br)ccc1O2.O=C1CC2(CCNCC2)Oc2ccc(Br)cc21. The average molecular weight is 692 g/mol. The lowest BCUT2D eigenvalue weighted by atomic mass is 9.82. The monoisotopic (exact) mass is 690 g/mol. The molecule has 1 N–H and O–H groups in total. The molecule has 2 aromatic carbocycles. The van der Waals surface area contributed by atoms with Crippen molar-refractivity contribution in [2.24, 2.45) is 0 Å². The number of carbonyl (C=O) groups is 3. The molecule has 0 atom stereocenters. The molecule has 0 saturated carbocycles. The summed E-state index contributed by atoms with van der Waals surface area (Å²) in [5, 5.41) is 3.31. The Kier molecular flexibility index (Phi) is 8.56. The van der Waals surface area contributed by atoms with Crippen molar-refractivity contribution < 1.29 is 28.6 Å². The van der Waals surface area contributed by atoms with E-state index in [1.807, 2.05) is 51.1 Å². The second-order valence-corrected chi connectivity index (χ2v) is 14.1. The van der Waals surface area contributed by atoms with Gasteiger partial charge in [-0.2, -0.15) is 0 Å². The summed E-state index contributed by atoms with van der Waals surface area (Å²) in [6.45, 7) is 8.50. The van der Waals surface area contributed by atoms with E-state index in [2.05, 4.69) is 37.2 Å². The zero-order chi connectivity index (χ0) is 29.4. The van der Waals surface area contributed by atoms with Gasteiger partial charge in [-0.15, -0.1) is 0 Å². The second kappa shape index (κ2) is 11.7. The molecule has 0 unspecified atom stereocenters. The van der Waals surface area contributed by atoms with Gasteiger partial charge in [0.15, 0.2) is 11.6 Å². The molecule has 0 radical (unpaired) electrons. The summed E-state index contributed by atoms with van der Waals surface area (Å²) in [5.41, 5.74) is 0.0724. The van der Waals surface area contributed by atoms with E-state index in [9.17, 15) is 14.4 Å². The van der Waals surface area contributed by atoms with Crippen molar-refractivity contribution in [3.8, 4) is 11.5 Å². The van der Waals surface area contributed by atoms with Crippen molar-refractivity contribution in [2.45, 2.75) is 76.1 Å². The molecule has 41 heavy (non-hydrogen) atoms. The summed E-state index contributed by atoms with van der Waals surface area (Å²) in [5.74, 6) is 1.68. The van der Waals surface area contributed by atoms with Crippen LogP contribution in [0.5, 0.6) is 11.5 Å².